The van der Waals surface area contributed by atoms with Crippen LogP contribution in [0, 0.1) is 27.1 Å². The number of aliphatic hydroxyl groups is 24. The normalized spacial score (nSPS) is 15.4. The van der Waals surface area contributed by atoms with Crippen LogP contribution in [0.25, 0.3) is 0 Å². The van der Waals surface area contributed by atoms with Gasteiger partial charge in [0.25, 0.3) is 0 Å². The number of carbonyl (C=O) groups is 12. The molecule has 0 aromatic rings. The predicted octanol–water partition coefficient (Wildman–Crippen LogP) is -17.8. The molecule has 0 amide bonds. The van der Waals surface area contributed by atoms with E-state index in [9.17, 15) is 180 Å². The number of esters is 12. The van der Waals surface area contributed by atoms with Crippen molar-refractivity contribution in [3.8, 4) is 0 Å². The summed E-state index contributed by atoms with van der Waals surface area (Å²) in [6, 6.07) is 0. The first-order valence-electron chi connectivity index (χ1n) is 30.1. The Bertz CT molecular complexity index is 2360. The highest BCUT2D eigenvalue weighted by Gasteiger charge is 2.54. The molecule has 0 aliphatic heterocycles. The molecule has 0 saturated heterocycles. The lowest BCUT2D eigenvalue weighted by molar-refractivity contribution is -0.209. The van der Waals surface area contributed by atoms with Crippen LogP contribution < -0.4 is 0 Å². The van der Waals surface area contributed by atoms with E-state index in [1.165, 1.54) is 0 Å². The highest BCUT2D eigenvalue weighted by molar-refractivity contribution is 5.87. The molecule has 0 aromatic heterocycles. The molecule has 0 saturated carbocycles. The van der Waals surface area contributed by atoms with Crippen LogP contribution >= 0.6 is 0 Å². The van der Waals surface area contributed by atoms with E-state index in [-0.39, 0.29) is 0 Å². The van der Waals surface area contributed by atoms with Crippen LogP contribution in [0.2, 0.25) is 0 Å². The molecule has 4 unspecified atom stereocenters. The van der Waals surface area contributed by atoms with Crippen molar-refractivity contribution in [2.75, 3.05) is 185 Å². The summed E-state index contributed by atoms with van der Waals surface area (Å²) >= 11 is 0. The molecule has 0 aliphatic carbocycles. The van der Waals surface area contributed by atoms with E-state index >= 15 is 0 Å². The third-order valence-electron chi connectivity index (χ3n) is 15.5. The Labute approximate surface area is 592 Å². The minimum absolute atomic E-state index is 0.814. The predicted molar refractivity (Wildman–Crippen MR) is 319 cm³/mol. The Morgan fingerprint density at radius 3 is 0.390 bits per heavy atom. The lowest BCUT2D eigenvalue weighted by Crippen LogP contribution is -2.57. The first kappa shape index (κ1) is 97.7. The quantitative estimate of drug-likeness (QED) is 0.0199. The van der Waals surface area contributed by atoms with Gasteiger partial charge in [-0.2, -0.15) is 0 Å². The second-order valence-electron chi connectivity index (χ2n) is 25.4. The second-order valence-corrected chi connectivity index (χ2v) is 25.4. The summed E-state index contributed by atoms with van der Waals surface area (Å²) in [7, 11) is 0. The first-order valence-corrected chi connectivity index (χ1v) is 30.1. The Morgan fingerprint density at radius 2 is 0.276 bits per heavy atom. The minimum atomic E-state index is -3.89. The lowest BCUT2D eigenvalue weighted by atomic mass is 9.91. The molecule has 48 heteroatoms. The fourth-order valence-electron chi connectivity index (χ4n) is 6.45. The number of carbonyl (C=O) groups excluding carboxylic acids is 12. The fourth-order valence-corrected chi connectivity index (χ4v) is 6.45. The highest BCUT2D eigenvalue weighted by atomic mass is 16.7. The molecule has 0 aromatic carbocycles. The molecule has 24 N–H and O–H groups in total. The van der Waals surface area contributed by atoms with Crippen LogP contribution in [0.5, 0.6) is 0 Å². The topological polar surface area (TPSA) is 801 Å². The van der Waals surface area contributed by atoms with Gasteiger partial charge in [-0.3, -0.25) is 19.2 Å². The highest BCUT2D eigenvalue weighted by Crippen LogP contribution is 2.30. The number of aliphatic hydroxyl groups excluding tert-OH is 16. The van der Waals surface area contributed by atoms with E-state index in [1.807, 2.05) is 0 Å². The van der Waals surface area contributed by atoms with Gasteiger partial charge in [0.15, 0.2) is 0 Å². The van der Waals surface area contributed by atoms with Crippen molar-refractivity contribution in [2.24, 2.45) is 27.1 Å². The van der Waals surface area contributed by atoms with E-state index in [1.54, 1.807) is 0 Å². The molecule has 48 nitrogen and oxygen atoms in total. The maximum absolute atomic E-state index is 14.6. The van der Waals surface area contributed by atoms with E-state index in [2.05, 4.69) is 0 Å². The molecule has 0 radical (unpaired) electrons. The van der Waals surface area contributed by atoms with Gasteiger partial charge >= 0.3 is 71.6 Å². The van der Waals surface area contributed by atoms with E-state index in [0.717, 1.165) is 27.7 Å². The molecule has 0 bridgehead atoms. The van der Waals surface area contributed by atoms with Gasteiger partial charge in [0.2, 0.25) is 44.8 Å². The van der Waals surface area contributed by atoms with Gasteiger partial charge in [0.05, 0.1) is 106 Å². The molecular formula is C57H92O48. The molecular weight excluding hydrogens is 1450 g/mol. The smallest absolute Gasteiger partial charge is 0.345 e. The fraction of sp³-hybridized carbons (Fsp3) is 0.789. The Kier molecular flexibility index (Phi) is 38.3. The summed E-state index contributed by atoms with van der Waals surface area (Å²) in [5, 5.41) is 246. The van der Waals surface area contributed by atoms with Crippen molar-refractivity contribution in [3.05, 3.63) is 0 Å². The summed E-state index contributed by atoms with van der Waals surface area (Å²) in [6.07, 6.45) is 0. The number of ether oxygens (including phenoxy) is 12. The van der Waals surface area contributed by atoms with Gasteiger partial charge in [-0.1, -0.05) is 0 Å². The van der Waals surface area contributed by atoms with E-state index in [4.69, 9.17) is 56.8 Å². The summed E-state index contributed by atoms with van der Waals surface area (Å²) in [5.41, 5.74) is -41.8. The second kappa shape index (κ2) is 41.1. The van der Waals surface area contributed by atoms with Gasteiger partial charge in [0.1, 0.15) is 106 Å². The number of rotatable bonds is 52. The first-order chi connectivity index (χ1) is 48.5. The lowest BCUT2D eigenvalue weighted by Gasteiger charge is -2.36. The average molecular weight is 1550 g/mol. The third kappa shape index (κ3) is 25.4. The summed E-state index contributed by atoms with van der Waals surface area (Å²) in [5.74, 6) is -25.2. The van der Waals surface area contributed by atoms with Gasteiger partial charge in [-0.05, 0) is 27.7 Å². The van der Waals surface area contributed by atoms with E-state index < -0.39 is 329 Å². The number of hydrogen-bond donors (Lipinski definition) is 24. The third-order valence-corrected chi connectivity index (χ3v) is 15.5. The van der Waals surface area contributed by atoms with Crippen molar-refractivity contribution in [1.29, 1.82) is 0 Å². The molecule has 0 aliphatic rings. The molecule has 0 spiro atoms. The van der Waals surface area contributed by atoms with Crippen LogP contribution in [0.3, 0.4) is 0 Å². The zero-order chi connectivity index (χ0) is 81.7. The van der Waals surface area contributed by atoms with E-state index in [0.29, 0.717) is 0 Å². The van der Waals surface area contributed by atoms with Gasteiger partial charge < -0.3 is 179 Å². The molecule has 0 rings (SSSR count). The van der Waals surface area contributed by atoms with Gasteiger partial charge in [-0.15, -0.1) is 0 Å². The van der Waals surface area contributed by atoms with Crippen LogP contribution in [-0.4, -0.2) is 424 Å². The zero-order valence-electron chi connectivity index (χ0n) is 56.8. The minimum Gasteiger partial charge on any atom is -0.462 e. The Balaban J connectivity index is 9.58. The van der Waals surface area contributed by atoms with Crippen LogP contribution in [0.4, 0.5) is 0 Å². The molecule has 0 fully saturated rings. The largest absolute Gasteiger partial charge is 0.462 e. The van der Waals surface area contributed by atoms with Crippen LogP contribution in [-0.2, 0) is 114 Å². The molecule has 608 valence electrons. The van der Waals surface area contributed by atoms with Gasteiger partial charge in [0, 0.05) is 0 Å². The SMILES string of the molecule is CC(CO)(CO)C(=O)OCC(O)(COC(=O)C(O)(CO)CO)C(=O)OCC(COC(=O)C(O)(COC(=O)C(C)(CO)CO)COC(=O)C(O)(CO)CO)(COC(=O)C(O)(COC(=O)C(C)(CO)CO)COC(=O)C(O)(CO)CO)COC(=O)C(O)(COC(=O)C(C)(CO)CO)COC(=O)C(O)(CO)CO. The average Bonchev–Trinajstić information content (AvgIpc) is 0.815. The Hall–Kier alpha value is -7.32. The van der Waals surface area contributed by atoms with Crippen molar-refractivity contribution in [1.82, 2.24) is 0 Å². The summed E-state index contributed by atoms with van der Waals surface area (Å²) in [4.78, 5) is 163. The molecule has 4 atom stereocenters. The Morgan fingerprint density at radius 1 is 0.171 bits per heavy atom. The van der Waals surface area contributed by atoms with Gasteiger partial charge in [-0.25, -0.2) is 38.4 Å². The van der Waals surface area contributed by atoms with Crippen molar-refractivity contribution in [2.45, 2.75) is 72.5 Å². The maximum atomic E-state index is 14.6. The van der Waals surface area contributed by atoms with Crippen LogP contribution in [0.1, 0.15) is 27.7 Å². The van der Waals surface area contributed by atoms with Crippen molar-refractivity contribution >= 4 is 71.6 Å². The maximum Gasteiger partial charge on any atom is 0.345 e. The van der Waals surface area contributed by atoms with Crippen molar-refractivity contribution < 1.29 is 237 Å². The van der Waals surface area contributed by atoms with Crippen molar-refractivity contribution in [3.63, 3.8) is 0 Å². The molecule has 105 heavy (non-hydrogen) atoms. The molecule has 0 heterocycles. The number of hydrogen-bond acceptors (Lipinski definition) is 48. The standard InChI is InChI=1S/C57H92O48/c1-45(5-58,6-59)33(74)98-25-54(90,29-102-37(78)50(86,13-66)14-67)41(82)94-21-49(22-95-42(83)55(91,26-99-34(75)46(2,7-60)8-61)30-103-38(79)51(87,15-68)16-69,23-96-43(84)56(92,27-100-35(76)47(3,9-62)10-63)31-104-39(80)52(88,17-70)18-71)24-97-44(85)57(93,28-101-36(77)48(4,11-64)12-65)32-105-40(81)53(89,19-72)20-73/h58-73,86-93H,5-32H2,1-4H3. The monoisotopic (exact) mass is 1540 g/mol. The summed E-state index contributed by atoms with van der Waals surface area (Å²) < 4.78 is 59.4. The van der Waals surface area contributed by atoms with Crippen LogP contribution in [0.15, 0.2) is 0 Å². The summed E-state index contributed by atoms with van der Waals surface area (Å²) in [6.45, 7) is -44.9. The zero-order valence-corrected chi connectivity index (χ0v) is 56.8.